The molecule has 2 heterocycles. The number of nitrogens with zero attached hydrogens (tertiary/aromatic N) is 2. The Kier molecular flexibility index (Phi) is 2.88. The zero-order chi connectivity index (χ0) is 12.7. The van der Waals surface area contributed by atoms with Gasteiger partial charge in [0.2, 0.25) is 0 Å². The van der Waals surface area contributed by atoms with Gasteiger partial charge in [0.25, 0.3) is 0 Å². The van der Waals surface area contributed by atoms with Crippen LogP contribution in [-0.2, 0) is 0 Å². The molecule has 0 spiro atoms. The van der Waals surface area contributed by atoms with Gasteiger partial charge in [-0.25, -0.2) is 4.98 Å². The lowest BCUT2D eigenvalue weighted by atomic mass is 10.2. The fraction of sp³-hybridized carbons (Fsp3) is 0.0714. The van der Waals surface area contributed by atoms with Crippen LogP contribution in [0.15, 0.2) is 47.1 Å². The molecule has 18 heavy (non-hydrogen) atoms. The maximum Gasteiger partial charge on any atom is 0.137 e. The number of benzene rings is 1. The second-order valence-corrected chi connectivity index (χ2v) is 5.42. The van der Waals surface area contributed by atoms with Crippen molar-refractivity contribution in [2.24, 2.45) is 0 Å². The van der Waals surface area contributed by atoms with Crippen molar-refractivity contribution < 1.29 is 0 Å². The normalized spacial score (nSPS) is 11.1. The first-order valence-electron chi connectivity index (χ1n) is 5.55. The number of rotatable bonds is 1. The number of aromatic nitrogens is 2. The predicted molar refractivity (Wildman–Crippen MR) is 78.1 cm³/mol. The largest absolute Gasteiger partial charge is 0.303 e. The summed E-state index contributed by atoms with van der Waals surface area (Å²) in [5.41, 5.74) is 4.03. The number of fused-ring (bicyclic) bond motifs is 1. The van der Waals surface area contributed by atoms with Crippen molar-refractivity contribution in [2.45, 2.75) is 6.92 Å². The molecule has 2 aromatic heterocycles. The van der Waals surface area contributed by atoms with Gasteiger partial charge < -0.3 is 4.40 Å². The molecule has 2 nitrogen and oxygen atoms in total. The van der Waals surface area contributed by atoms with Gasteiger partial charge in [-0.15, -0.1) is 0 Å². The Labute approximate surface area is 118 Å². The predicted octanol–water partition coefficient (Wildman–Crippen LogP) is 4.73. The third-order valence-electron chi connectivity index (χ3n) is 2.94. The van der Waals surface area contributed by atoms with Crippen molar-refractivity contribution >= 4 is 33.2 Å². The Morgan fingerprint density at radius 2 is 2.06 bits per heavy atom. The van der Waals surface area contributed by atoms with E-state index in [4.69, 9.17) is 11.6 Å². The SMILES string of the molecule is Cc1c(Br)ccc2nc(-c3cccc(Cl)c3)cn12. The molecule has 0 aliphatic rings. The second kappa shape index (κ2) is 4.41. The molecule has 90 valence electrons. The number of imidazole rings is 1. The van der Waals surface area contributed by atoms with Gasteiger partial charge in [0.05, 0.1) is 5.69 Å². The molecule has 0 unspecified atom stereocenters. The molecule has 0 radical (unpaired) electrons. The summed E-state index contributed by atoms with van der Waals surface area (Å²) in [5, 5.41) is 0.724. The molecule has 3 rings (SSSR count). The zero-order valence-corrected chi connectivity index (χ0v) is 12.0. The van der Waals surface area contributed by atoms with Crippen LogP contribution in [0.1, 0.15) is 5.69 Å². The summed E-state index contributed by atoms with van der Waals surface area (Å²) >= 11 is 9.53. The van der Waals surface area contributed by atoms with Crippen molar-refractivity contribution in [1.82, 2.24) is 9.38 Å². The number of pyridine rings is 1. The van der Waals surface area contributed by atoms with Gasteiger partial charge in [-0.3, -0.25) is 0 Å². The third kappa shape index (κ3) is 1.93. The van der Waals surface area contributed by atoms with E-state index in [-0.39, 0.29) is 0 Å². The molecule has 4 heteroatoms. The quantitative estimate of drug-likeness (QED) is 0.633. The zero-order valence-electron chi connectivity index (χ0n) is 9.69. The van der Waals surface area contributed by atoms with Gasteiger partial charge in [0.1, 0.15) is 5.65 Å². The fourth-order valence-corrected chi connectivity index (χ4v) is 2.46. The number of hydrogen-bond donors (Lipinski definition) is 0. The van der Waals surface area contributed by atoms with Crippen molar-refractivity contribution in [1.29, 1.82) is 0 Å². The van der Waals surface area contributed by atoms with Gasteiger partial charge in [-0.05, 0) is 47.1 Å². The lowest BCUT2D eigenvalue weighted by molar-refractivity contribution is 1.08. The molecule has 1 aromatic carbocycles. The fourth-order valence-electron chi connectivity index (χ4n) is 1.95. The molecule has 0 fully saturated rings. The Hall–Kier alpha value is -1.32. The molecular formula is C14H10BrClN2. The van der Waals surface area contributed by atoms with Crippen molar-refractivity contribution in [3.63, 3.8) is 0 Å². The molecule has 0 N–H and O–H groups in total. The highest BCUT2D eigenvalue weighted by molar-refractivity contribution is 9.10. The molecule has 0 saturated heterocycles. The van der Waals surface area contributed by atoms with E-state index in [1.54, 1.807) is 0 Å². The first kappa shape index (κ1) is 11.8. The molecule has 0 amide bonds. The van der Waals surface area contributed by atoms with Gasteiger partial charge in [0.15, 0.2) is 0 Å². The number of aryl methyl sites for hydroxylation is 1. The molecule has 3 aromatic rings. The lowest BCUT2D eigenvalue weighted by Crippen LogP contribution is -1.89. The van der Waals surface area contributed by atoms with E-state index in [2.05, 4.69) is 32.2 Å². The summed E-state index contributed by atoms with van der Waals surface area (Å²) in [5.74, 6) is 0. The van der Waals surface area contributed by atoms with Crippen LogP contribution in [0.3, 0.4) is 0 Å². The molecule has 0 aliphatic heterocycles. The summed E-state index contributed by atoms with van der Waals surface area (Å²) in [6.07, 6.45) is 2.03. The maximum atomic E-state index is 6.01. The first-order valence-corrected chi connectivity index (χ1v) is 6.72. The van der Waals surface area contributed by atoms with E-state index in [1.165, 1.54) is 0 Å². The van der Waals surface area contributed by atoms with Gasteiger partial charge in [0, 0.05) is 26.9 Å². The molecule has 0 atom stereocenters. The monoisotopic (exact) mass is 320 g/mol. The van der Waals surface area contributed by atoms with E-state index in [0.717, 1.165) is 32.1 Å². The number of halogens is 2. The van der Waals surface area contributed by atoms with E-state index < -0.39 is 0 Å². The van der Waals surface area contributed by atoms with Crippen LogP contribution in [0.2, 0.25) is 5.02 Å². The summed E-state index contributed by atoms with van der Waals surface area (Å²) in [4.78, 5) is 4.61. The summed E-state index contributed by atoms with van der Waals surface area (Å²) < 4.78 is 3.14. The average Bonchev–Trinajstić information content (AvgIpc) is 2.79. The molecular weight excluding hydrogens is 312 g/mol. The third-order valence-corrected chi connectivity index (χ3v) is 4.01. The smallest absolute Gasteiger partial charge is 0.137 e. The highest BCUT2D eigenvalue weighted by Crippen LogP contribution is 2.25. The average molecular weight is 322 g/mol. The Morgan fingerprint density at radius 3 is 2.83 bits per heavy atom. The van der Waals surface area contributed by atoms with Crippen LogP contribution in [-0.4, -0.2) is 9.38 Å². The molecule has 0 saturated carbocycles. The van der Waals surface area contributed by atoms with Crippen LogP contribution in [0, 0.1) is 6.92 Å². The molecule has 0 aliphatic carbocycles. The summed E-state index contributed by atoms with van der Waals surface area (Å²) in [6.45, 7) is 2.06. The van der Waals surface area contributed by atoms with Crippen LogP contribution in [0.4, 0.5) is 0 Å². The first-order chi connectivity index (χ1) is 8.65. The van der Waals surface area contributed by atoms with E-state index in [9.17, 15) is 0 Å². The van der Waals surface area contributed by atoms with Gasteiger partial charge >= 0.3 is 0 Å². The minimum atomic E-state index is 0.724. The number of hydrogen-bond acceptors (Lipinski definition) is 1. The summed E-state index contributed by atoms with van der Waals surface area (Å²) in [7, 11) is 0. The standard InChI is InChI=1S/C14H10BrClN2/c1-9-12(15)5-6-14-17-13(8-18(9)14)10-3-2-4-11(16)7-10/h2-8H,1H3. The van der Waals surface area contributed by atoms with Crippen molar-refractivity contribution in [2.75, 3.05) is 0 Å². The van der Waals surface area contributed by atoms with Crippen molar-refractivity contribution in [3.8, 4) is 11.3 Å². The van der Waals surface area contributed by atoms with Crippen LogP contribution in [0.25, 0.3) is 16.9 Å². The van der Waals surface area contributed by atoms with E-state index in [0.29, 0.717) is 0 Å². The van der Waals surface area contributed by atoms with Crippen LogP contribution in [0.5, 0.6) is 0 Å². The Balaban J connectivity index is 2.23. The Bertz CT molecular complexity index is 734. The topological polar surface area (TPSA) is 17.3 Å². The van der Waals surface area contributed by atoms with E-state index >= 15 is 0 Å². The van der Waals surface area contributed by atoms with E-state index in [1.807, 2.05) is 42.6 Å². The lowest BCUT2D eigenvalue weighted by Gasteiger charge is -2.00. The highest BCUT2D eigenvalue weighted by Gasteiger charge is 2.07. The molecule has 0 bridgehead atoms. The maximum absolute atomic E-state index is 6.01. The highest BCUT2D eigenvalue weighted by atomic mass is 79.9. The van der Waals surface area contributed by atoms with Gasteiger partial charge in [-0.2, -0.15) is 0 Å². The van der Waals surface area contributed by atoms with Crippen LogP contribution < -0.4 is 0 Å². The Morgan fingerprint density at radius 1 is 1.22 bits per heavy atom. The second-order valence-electron chi connectivity index (χ2n) is 4.13. The minimum absolute atomic E-state index is 0.724. The van der Waals surface area contributed by atoms with Gasteiger partial charge in [-0.1, -0.05) is 23.7 Å². The van der Waals surface area contributed by atoms with Crippen LogP contribution >= 0.6 is 27.5 Å². The summed E-state index contributed by atoms with van der Waals surface area (Å²) in [6, 6.07) is 11.7. The minimum Gasteiger partial charge on any atom is -0.303 e. The van der Waals surface area contributed by atoms with Crippen molar-refractivity contribution in [3.05, 3.63) is 57.8 Å².